The van der Waals surface area contributed by atoms with Crippen molar-refractivity contribution in [3.63, 3.8) is 0 Å². The van der Waals surface area contributed by atoms with E-state index in [1.54, 1.807) is 12.1 Å². The van der Waals surface area contributed by atoms with Crippen LogP contribution in [0.2, 0.25) is 0 Å². The summed E-state index contributed by atoms with van der Waals surface area (Å²) in [4.78, 5) is 15.1. The Kier molecular flexibility index (Phi) is 4.75. The molecule has 2 aromatic carbocycles. The number of hydrogen-bond donors (Lipinski definition) is 0. The molecule has 0 saturated heterocycles. The monoisotopic (exact) mass is 377 g/mol. The van der Waals surface area contributed by atoms with Crippen LogP contribution < -0.4 is 0 Å². The first-order chi connectivity index (χ1) is 13.5. The summed E-state index contributed by atoms with van der Waals surface area (Å²) in [7, 11) is 1.90. The van der Waals surface area contributed by atoms with Gasteiger partial charge in [-0.1, -0.05) is 56.3 Å². The van der Waals surface area contributed by atoms with Crippen molar-refractivity contribution in [2.45, 2.75) is 32.9 Å². The SMILES string of the molecule is CC(C)Cc1c2c(nn1C)C(=O)N(Cc1ccccc1)C2c1ccc(F)cc1. The maximum atomic E-state index is 13.5. The van der Waals surface area contributed by atoms with Crippen LogP contribution in [0.1, 0.15) is 52.8 Å². The summed E-state index contributed by atoms with van der Waals surface area (Å²) in [5.74, 6) is 0.0851. The molecule has 4 rings (SSSR count). The van der Waals surface area contributed by atoms with E-state index in [4.69, 9.17) is 0 Å². The zero-order valence-electron chi connectivity index (χ0n) is 16.4. The molecule has 4 nitrogen and oxygen atoms in total. The number of benzene rings is 2. The van der Waals surface area contributed by atoms with Crippen molar-refractivity contribution in [2.24, 2.45) is 13.0 Å². The lowest BCUT2D eigenvalue weighted by atomic mass is 9.95. The van der Waals surface area contributed by atoms with E-state index in [2.05, 4.69) is 18.9 Å². The van der Waals surface area contributed by atoms with Gasteiger partial charge in [-0.05, 0) is 35.6 Å². The van der Waals surface area contributed by atoms with Crippen LogP contribution in [0, 0.1) is 11.7 Å². The summed E-state index contributed by atoms with van der Waals surface area (Å²) in [5, 5.41) is 4.56. The van der Waals surface area contributed by atoms with Crippen molar-refractivity contribution < 1.29 is 9.18 Å². The van der Waals surface area contributed by atoms with E-state index < -0.39 is 0 Å². The van der Waals surface area contributed by atoms with Crippen molar-refractivity contribution in [2.75, 3.05) is 0 Å². The number of aryl methyl sites for hydroxylation is 1. The summed E-state index contributed by atoms with van der Waals surface area (Å²) in [6.07, 6.45) is 0.836. The van der Waals surface area contributed by atoms with E-state index >= 15 is 0 Å². The van der Waals surface area contributed by atoms with Gasteiger partial charge in [0.05, 0.1) is 6.04 Å². The van der Waals surface area contributed by atoms with Crippen LogP contribution in [-0.2, 0) is 20.0 Å². The molecular formula is C23H24FN3O. The topological polar surface area (TPSA) is 38.1 Å². The molecule has 28 heavy (non-hydrogen) atoms. The molecule has 0 fully saturated rings. The number of carbonyl (C=O) groups excluding carboxylic acids is 1. The molecule has 1 atom stereocenters. The van der Waals surface area contributed by atoms with Gasteiger partial charge < -0.3 is 4.90 Å². The minimum absolute atomic E-state index is 0.0706. The number of aromatic nitrogens is 2. The third-order valence-corrected chi connectivity index (χ3v) is 5.24. The highest BCUT2D eigenvalue weighted by Gasteiger charge is 2.42. The van der Waals surface area contributed by atoms with E-state index in [9.17, 15) is 9.18 Å². The van der Waals surface area contributed by atoms with E-state index in [1.807, 2.05) is 47.0 Å². The van der Waals surface area contributed by atoms with Crippen molar-refractivity contribution in [1.29, 1.82) is 0 Å². The number of carbonyl (C=O) groups is 1. The fourth-order valence-corrected chi connectivity index (χ4v) is 3.99. The number of fused-ring (bicyclic) bond motifs is 1. The van der Waals surface area contributed by atoms with Gasteiger partial charge in [0.15, 0.2) is 5.69 Å². The van der Waals surface area contributed by atoms with Crippen LogP contribution >= 0.6 is 0 Å². The lowest BCUT2D eigenvalue weighted by molar-refractivity contribution is 0.0728. The Labute approximate surface area is 164 Å². The van der Waals surface area contributed by atoms with Crippen LogP contribution in [-0.4, -0.2) is 20.6 Å². The molecule has 1 aliphatic heterocycles. The normalized spacial score (nSPS) is 16.1. The van der Waals surface area contributed by atoms with Crippen LogP contribution in [0.25, 0.3) is 0 Å². The summed E-state index contributed by atoms with van der Waals surface area (Å²) in [6.45, 7) is 4.80. The fraction of sp³-hybridized carbons (Fsp3) is 0.304. The molecule has 144 valence electrons. The molecule has 1 aliphatic rings. The van der Waals surface area contributed by atoms with Gasteiger partial charge in [-0.2, -0.15) is 5.10 Å². The van der Waals surface area contributed by atoms with E-state index in [0.717, 1.165) is 28.8 Å². The van der Waals surface area contributed by atoms with Crippen LogP contribution in [0.5, 0.6) is 0 Å². The van der Waals surface area contributed by atoms with Crippen LogP contribution in [0.4, 0.5) is 4.39 Å². The maximum Gasteiger partial charge on any atom is 0.275 e. The second-order valence-electron chi connectivity index (χ2n) is 7.80. The molecule has 3 aromatic rings. The van der Waals surface area contributed by atoms with Gasteiger partial charge in [0, 0.05) is 24.8 Å². The minimum Gasteiger partial charge on any atom is -0.322 e. The molecule has 0 radical (unpaired) electrons. The summed E-state index contributed by atoms with van der Waals surface area (Å²) >= 11 is 0. The van der Waals surface area contributed by atoms with E-state index in [0.29, 0.717) is 18.2 Å². The first-order valence-electron chi connectivity index (χ1n) is 9.62. The van der Waals surface area contributed by atoms with Gasteiger partial charge in [-0.25, -0.2) is 4.39 Å². The Hall–Kier alpha value is -2.95. The number of hydrogen-bond acceptors (Lipinski definition) is 2. The van der Waals surface area contributed by atoms with Crippen molar-refractivity contribution in [3.8, 4) is 0 Å². The summed E-state index contributed by atoms with van der Waals surface area (Å²) in [6, 6.07) is 16.1. The Bertz CT molecular complexity index is 993. The first kappa shape index (κ1) is 18.4. The summed E-state index contributed by atoms with van der Waals surface area (Å²) in [5.41, 5.74) is 4.51. The third-order valence-electron chi connectivity index (χ3n) is 5.24. The standard InChI is InChI=1S/C23H24FN3O/c1-15(2)13-19-20-21(25-26(19)3)23(28)27(14-16-7-5-4-6-8-16)22(20)17-9-11-18(24)12-10-17/h4-12,15,22H,13-14H2,1-3H3. The largest absolute Gasteiger partial charge is 0.322 e. The molecule has 0 aliphatic carbocycles. The highest BCUT2D eigenvalue weighted by atomic mass is 19.1. The lowest BCUT2D eigenvalue weighted by Crippen LogP contribution is -2.29. The third kappa shape index (κ3) is 3.21. The summed E-state index contributed by atoms with van der Waals surface area (Å²) < 4.78 is 15.4. The second-order valence-corrected chi connectivity index (χ2v) is 7.80. The molecular weight excluding hydrogens is 353 g/mol. The zero-order chi connectivity index (χ0) is 19.8. The molecule has 0 spiro atoms. The van der Waals surface area contributed by atoms with Crippen LogP contribution in [0.3, 0.4) is 0 Å². The molecule has 1 aromatic heterocycles. The van der Waals surface area contributed by atoms with Crippen molar-refractivity contribution in [3.05, 3.63) is 88.5 Å². The number of amides is 1. The second kappa shape index (κ2) is 7.23. The predicted molar refractivity (Wildman–Crippen MR) is 106 cm³/mol. The van der Waals surface area contributed by atoms with Crippen molar-refractivity contribution in [1.82, 2.24) is 14.7 Å². The van der Waals surface area contributed by atoms with Gasteiger partial charge >= 0.3 is 0 Å². The first-order valence-corrected chi connectivity index (χ1v) is 9.62. The molecule has 0 bridgehead atoms. The molecule has 1 unspecified atom stereocenters. The molecule has 2 heterocycles. The molecule has 1 amide bonds. The molecule has 0 N–H and O–H groups in total. The lowest BCUT2D eigenvalue weighted by Gasteiger charge is -2.27. The Morgan fingerprint density at radius 1 is 1.07 bits per heavy atom. The Balaban J connectivity index is 1.83. The number of halogens is 1. The average molecular weight is 377 g/mol. The quantitative estimate of drug-likeness (QED) is 0.656. The Morgan fingerprint density at radius 2 is 1.75 bits per heavy atom. The van der Waals surface area contributed by atoms with Gasteiger partial charge in [0.2, 0.25) is 0 Å². The van der Waals surface area contributed by atoms with Crippen LogP contribution in [0.15, 0.2) is 54.6 Å². The Morgan fingerprint density at radius 3 is 2.39 bits per heavy atom. The predicted octanol–water partition coefficient (Wildman–Crippen LogP) is 4.50. The maximum absolute atomic E-state index is 13.5. The minimum atomic E-state index is -0.281. The van der Waals surface area contributed by atoms with Gasteiger partial charge in [0.25, 0.3) is 5.91 Å². The average Bonchev–Trinajstić information content (AvgIpc) is 3.11. The zero-order valence-corrected chi connectivity index (χ0v) is 16.4. The fourth-order valence-electron chi connectivity index (χ4n) is 3.99. The van der Waals surface area contributed by atoms with E-state index in [1.165, 1.54) is 12.1 Å². The molecule has 5 heteroatoms. The highest BCUT2D eigenvalue weighted by Crippen LogP contribution is 2.41. The van der Waals surface area contributed by atoms with Gasteiger partial charge in [-0.15, -0.1) is 0 Å². The number of nitrogens with zero attached hydrogens (tertiary/aromatic N) is 3. The molecule has 0 saturated carbocycles. The number of rotatable bonds is 5. The van der Waals surface area contributed by atoms with E-state index in [-0.39, 0.29) is 17.8 Å². The van der Waals surface area contributed by atoms with Gasteiger partial charge in [-0.3, -0.25) is 9.48 Å². The highest BCUT2D eigenvalue weighted by molar-refractivity contribution is 5.98. The smallest absolute Gasteiger partial charge is 0.275 e. The van der Waals surface area contributed by atoms with Crippen molar-refractivity contribution >= 4 is 5.91 Å². The van der Waals surface area contributed by atoms with Gasteiger partial charge in [0.1, 0.15) is 5.82 Å².